The van der Waals surface area contributed by atoms with Crippen molar-refractivity contribution in [2.45, 2.75) is 51.7 Å². The van der Waals surface area contributed by atoms with Crippen LogP contribution in [0.3, 0.4) is 0 Å². The Hall–Kier alpha value is -0.120. The van der Waals surface area contributed by atoms with Crippen LogP contribution in [0, 0.1) is 0 Å². The van der Waals surface area contributed by atoms with Gasteiger partial charge in [-0.1, -0.05) is 13.8 Å². The van der Waals surface area contributed by atoms with E-state index in [4.69, 9.17) is 0 Å². The second kappa shape index (κ2) is 5.83. The molecule has 0 aromatic heterocycles. The van der Waals surface area contributed by atoms with Crippen molar-refractivity contribution in [2.75, 3.05) is 26.2 Å². The summed E-state index contributed by atoms with van der Waals surface area (Å²) >= 11 is 0. The number of nitrogens with zero attached hydrogens (tertiary/aromatic N) is 1. The van der Waals surface area contributed by atoms with E-state index in [0.717, 1.165) is 39.0 Å². The second-order valence-electron chi connectivity index (χ2n) is 5.30. The van der Waals surface area contributed by atoms with Gasteiger partial charge in [-0.2, -0.15) is 0 Å². The summed E-state index contributed by atoms with van der Waals surface area (Å²) in [5.41, 5.74) is -0.410. The lowest BCUT2D eigenvalue weighted by molar-refractivity contribution is -0.00539. The van der Waals surface area contributed by atoms with Crippen LogP contribution in [0.15, 0.2) is 0 Å². The molecule has 1 aliphatic rings. The molecule has 1 fully saturated rings. The fourth-order valence-electron chi connectivity index (χ4n) is 1.95. The highest BCUT2D eigenvalue weighted by Gasteiger charge is 2.26. The van der Waals surface area contributed by atoms with Crippen molar-refractivity contribution in [3.63, 3.8) is 0 Å². The summed E-state index contributed by atoms with van der Waals surface area (Å²) in [6.45, 7) is 10.7. The SMILES string of the molecule is CC(C)NCCCN1CCC(C)(O)CC1. The Morgan fingerprint density at radius 3 is 2.47 bits per heavy atom. The third-order valence-electron chi connectivity index (χ3n) is 3.14. The van der Waals surface area contributed by atoms with Crippen LogP contribution in [-0.2, 0) is 0 Å². The zero-order valence-electron chi connectivity index (χ0n) is 10.4. The molecule has 0 unspecified atom stereocenters. The number of piperidine rings is 1. The Balaban J connectivity index is 2.04. The molecule has 0 amide bonds. The van der Waals surface area contributed by atoms with Crippen molar-refractivity contribution in [1.82, 2.24) is 10.2 Å². The molecular formula is C12H26N2O. The second-order valence-corrected chi connectivity index (χ2v) is 5.30. The van der Waals surface area contributed by atoms with Gasteiger partial charge in [-0.05, 0) is 39.3 Å². The maximum absolute atomic E-state index is 9.80. The van der Waals surface area contributed by atoms with Crippen molar-refractivity contribution < 1.29 is 5.11 Å². The minimum atomic E-state index is -0.410. The normalized spacial score (nSPS) is 22.2. The van der Waals surface area contributed by atoms with E-state index in [0.29, 0.717) is 6.04 Å². The molecule has 2 N–H and O–H groups in total. The fourth-order valence-corrected chi connectivity index (χ4v) is 1.95. The molecule has 0 aromatic rings. The summed E-state index contributed by atoms with van der Waals surface area (Å²) in [4.78, 5) is 2.46. The molecule has 3 nitrogen and oxygen atoms in total. The lowest BCUT2D eigenvalue weighted by Crippen LogP contribution is -2.43. The van der Waals surface area contributed by atoms with Gasteiger partial charge in [-0.25, -0.2) is 0 Å². The van der Waals surface area contributed by atoms with Gasteiger partial charge >= 0.3 is 0 Å². The first-order chi connectivity index (χ1) is 6.99. The van der Waals surface area contributed by atoms with Crippen molar-refractivity contribution in [3.05, 3.63) is 0 Å². The smallest absolute Gasteiger partial charge is 0.0644 e. The molecule has 0 saturated carbocycles. The molecule has 90 valence electrons. The van der Waals surface area contributed by atoms with Gasteiger partial charge in [0, 0.05) is 19.1 Å². The van der Waals surface area contributed by atoms with Crippen LogP contribution in [-0.4, -0.2) is 47.8 Å². The molecule has 15 heavy (non-hydrogen) atoms. The predicted molar refractivity (Wildman–Crippen MR) is 64.1 cm³/mol. The Labute approximate surface area is 93.9 Å². The van der Waals surface area contributed by atoms with Crippen molar-refractivity contribution in [2.24, 2.45) is 0 Å². The van der Waals surface area contributed by atoms with Crippen LogP contribution >= 0.6 is 0 Å². The highest BCUT2D eigenvalue weighted by molar-refractivity contribution is 4.81. The summed E-state index contributed by atoms with van der Waals surface area (Å²) < 4.78 is 0. The van der Waals surface area contributed by atoms with E-state index in [-0.39, 0.29) is 0 Å². The number of aliphatic hydroxyl groups is 1. The molecule has 1 aliphatic heterocycles. The van der Waals surface area contributed by atoms with Gasteiger partial charge in [0.15, 0.2) is 0 Å². The summed E-state index contributed by atoms with van der Waals surface area (Å²) in [6, 6.07) is 0.590. The number of nitrogens with one attached hydrogen (secondary N) is 1. The zero-order valence-corrected chi connectivity index (χ0v) is 10.4. The van der Waals surface area contributed by atoms with E-state index in [9.17, 15) is 5.11 Å². The monoisotopic (exact) mass is 214 g/mol. The summed E-state index contributed by atoms with van der Waals surface area (Å²) in [5.74, 6) is 0. The number of hydrogen-bond donors (Lipinski definition) is 2. The van der Waals surface area contributed by atoms with Gasteiger partial charge in [0.1, 0.15) is 0 Å². The van der Waals surface area contributed by atoms with Crippen molar-refractivity contribution in [3.8, 4) is 0 Å². The largest absolute Gasteiger partial charge is 0.390 e. The average molecular weight is 214 g/mol. The third-order valence-corrected chi connectivity index (χ3v) is 3.14. The maximum atomic E-state index is 9.80. The van der Waals surface area contributed by atoms with Gasteiger partial charge < -0.3 is 15.3 Å². The maximum Gasteiger partial charge on any atom is 0.0644 e. The molecular weight excluding hydrogens is 188 g/mol. The molecule has 0 atom stereocenters. The fraction of sp³-hybridized carbons (Fsp3) is 1.00. The summed E-state index contributed by atoms with van der Waals surface area (Å²) in [6.07, 6.45) is 3.05. The van der Waals surface area contributed by atoms with Crippen LogP contribution in [0.1, 0.15) is 40.0 Å². The molecule has 0 aromatic carbocycles. The van der Waals surface area contributed by atoms with Gasteiger partial charge in [-0.3, -0.25) is 0 Å². The van der Waals surface area contributed by atoms with Gasteiger partial charge in [0.05, 0.1) is 5.60 Å². The quantitative estimate of drug-likeness (QED) is 0.676. The van der Waals surface area contributed by atoms with Crippen LogP contribution in [0.2, 0.25) is 0 Å². The first kappa shape index (κ1) is 12.9. The third kappa shape index (κ3) is 5.50. The van der Waals surface area contributed by atoms with E-state index in [2.05, 4.69) is 24.1 Å². The Morgan fingerprint density at radius 2 is 1.93 bits per heavy atom. The van der Waals surface area contributed by atoms with Gasteiger partial charge in [0.25, 0.3) is 0 Å². The first-order valence-corrected chi connectivity index (χ1v) is 6.18. The van der Waals surface area contributed by atoms with Crippen LogP contribution in [0.5, 0.6) is 0 Å². The predicted octanol–water partition coefficient (Wildman–Crippen LogP) is 1.22. The van der Waals surface area contributed by atoms with E-state index in [1.54, 1.807) is 0 Å². The molecule has 1 saturated heterocycles. The van der Waals surface area contributed by atoms with Crippen molar-refractivity contribution >= 4 is 0 Å². The molecule has 1 rings (SSSR count). The Kier molecular flexibility index (Phi) is 5.03. The molecule has 0 bridgehead atoms. The van der Waals surface area contributed by atoms with Gasteiger partial charge in [0.2, 0.25) is 0 Å². The number of hydrogen-bond acceptors (Lipinski definition) is 3. The highest BCUT2D eigenvalue weighted by Crippen LogP contribution is 2.20. The zero-order chi connectivity index (χ0) is 11.3. The van der Waals surface area contributed by atoms with E-state index >= 15 is 0 Å². The minimum absolute atomic E-state index is 0.410. The Bertz CT molecular complexity index is 170. The molecule has 1 heterocycles. The van der Waals surface area contributed by atoms with Crippen LogP contribution in [0.4, 0.5) is 0 Å². The van der Waals surface area contributed by atoms with Crippen LogP contribution < -0.4 is 5.32 Å². The summed E-state index contributed by atoms with van der Waals surface area (Å²) in [7, 11) is 0. The van der Waals surface area contributed by atoms with E-state index in [1.807, 2.05) is 6.92 Å². The summed E-state index contributed by atoms with van der Waals surface area (Å²) in [5, 5.41) is 13.2. The number of likely N-dealkylation sites (tertiary alicyclic amines) is 1. The molecule has 0 spiro atoms. The minimum Gasteiger partial charge on any atom is -0.390 e. The standard InChI is InChI=1S/C12H26N2O/c1-11(2)13-7-4-8-14-9-5-12(3,15)6-10-14/h11,13,15H,4-10H2,1-3H3. The highest BCUT2D eigenvalue weighted by atomic mass is 16.3. The topological polar surface area (TPSA) is 35.5 Å². The average Bonchev–Trinajstić information content (AvgIpc) is 2.14. The molecule has 0 radical (unpaired) electrons. The van der Waals surface area contributed by atoms with Crippen LogP contribution in [0.25, 0.3) is 0 Å². The van der Waals surface area contributed by atoms with E-state index < -0.39 is 5.60 Å². The van der Waals surface area contributed by atoms with Gasteiger partial charge in [-0.15, -0.1) is 0 Å². The lowest BCUT2D eigenvalue weighted by atomic mass is 9.94. The lowest BCUT2D eigenvalue weighted by Gasteiger charge is -2.35. The number of rotatable bonds is 5. The van der Waals surface area contributed by atoms with E-state index in [1.165, 1.54) is 6.42 Å². The molecule has 0 aliphatic carbocycles. The van der Waals surface area contributed by atoms with Crippen molar-refractivity contribution in [1.29, 1.82) is 0 Å². The molecule has 3 heteroatoms. The first-order valence-electron chi connectivity index (χ1n) is 6.18. The Morgan fingerprint density at radius 1 is 1.33 bits per heavy atom.